The Balaban J connectivity index is 0.000000168. The maximum Gasteiger partial charge on any atom is 0.252 e. The van der Waals surface area contributed by atoms with Crippen molar-refractivity contribution in [1.82, 2.24) is 14.8 Å². The molecule has 1 aliphatic carbocycles. The molecule has 0 radical (unpaired) electrons. The van der Waals surface area contributed by atoms with Crippen LogP contribution >= 0.6 is 0 Å². The molecule has 180 valence electrons. The van der Waals surface area contributed by atoms with Crippen LogP contribution in [0.5, 0.6) is 0 Å². The number of nitrogen functional groups attached to an aromatic ring is 1. The molecule has 1 amide bonds. The highest BCUT2D eigenvalue weighted by Gasteiger charge is 2.16. The zero-order chi connectivity index (χ0) is 24.6. The molecule has 4 aromatic rings. The number of carbonyl (C=O) groups excluding carboxylic acids is 1. The summed E-state index contributed by atoms with van der Waals surface area (Å²) >= 11 is 0. The van der Waals surface area contributed by atoms with Gasteiger partial charge in [0.1, 0.15) is 5.82 Å². The first-order chi connectivity index (χ1) is 17.0. The van der Waals surface area contributed by atoms with Gasteiger partial charge in [0, 0.05) is 30.6 Å². The number of carbonyl (C=O) groups is 1. The van der Waals surface area contributed by atoms with Crippen LogP contribution in [-0.4, -0.2) is 26.8 Å². The van der Waals surface area contributed by atoms with Gasteiger partial charge in [-0.15, -0.1) is 0 Å². The molecule has 35 heavy (non-hydrogen) atoms. The lowest BCUT2D eigenvalue weighted by molar-refractivity contribution is 0.0459. The number of nitrogens with two attached hydrogens (primary N) is 2. The van der Waals surface area contributed by atoms with Gasteiger partial charge in [-0.2, -0.15) is 5.10 Å². The molecule has 1 aliphatic rings. The lowest BCUT2D eigenvalue weighted by Gasteiger charge is -2.14. The van der Waals surface area contributed by atoms with Gasteiger partial charge in [0.2, 0.25) is 0 Å². The molecular formula is C28H31N5O2. The van der Waals surface area contributed by atoms with E-state index in [4.69, 9.17) is 16.2 Å². The van der Waals surface area contributed by atoms with Crippen molar-refractivity contribution in [2.45, 2.75) is 38.4 Å². The van der Waals surface area contributed by atoms with Crippen LogP contribution in [0.25, 0.3) is 22.3 Å². The van der Waals surface area contributed by atoms with E-state index >= 15 is 0 Å². The maximum absolute atomic E-state index is 11.1. The van der Waals surface area contributed by atoms with E-state index in [9.17, 15) is 4.79 Å². The molecule has 4 N–H and O–H groups in total. The standard InChI is InChI=1S/C18H20O.C10H11N5O/c1-2-8-15(9-3-1)18-13-7-4-10-16(18)14-19-17-11-5-6-12-17;1-15-5-7(4-14-15)6-2-8(10(12)16)9(11)13-3-6/h1-4,7-10,13,17H,5-6,11-12,14H2;2-5H,1H3,(H2,11,13)(H2,12,16). The molecule has 1 fully saturated rings. The van der Waals surface area contributed by atoms with E-state index in [1.807, 2.05) is 13.2 Å². The molecule has 0 atom stereocenters. The van der Waals surface area contributed by atoms with Gasteiger partial charge >= 0.3 is 0 Å². The van der Waals surface area contributed by atoms with Crippen molar-refractivity contribution >= 4 is 11.7 Å². The summed E-state index contributed by atoms with van der Waals surface area (Å²) in [5, 5.41) is 4.03. The van der Waals surface area contributed by atoms with E-state index in [1.165, 1.54) is 42.4 Å². The van der Waals surface area contributed by atoms with E-state index in [0.29, 0.717) is 6.10 Å². The second-order valence-corrected chi connectivity index (χ2v) is 8.66. The van der Waals surface area contributed by atoms with Crippen molar-refractivity contribution in [1.29, 1.82) is 0 Å². The zero-order valence-corrected chi connectivity index (χ0v) is 19.9. The van der Waals surface area contributed by atoms with Crippen molar-refractivity contribution in [2.24, 2.45) is 12.8 Å². The number of nitrogens with zero attached hydrogens (tertiary/aromatic N) is 3. The number of aromatic nitrogens is 3. The van der Waals surface area contributed by atoms with Crippen LogP contribution in [-0.2, 0) is 18.4 Å². The van der Waals surface area contributed by atoms with Gasteiger partial charge in [0.15, 0.2) is 0 Å². The lowest BCUT2D eigenvalue weighted by atomic mass is 10.0. The van der Waals surface area contributed by atoms with E-state index in [-0.39, 0.29) is 11.4 Å². The van der Waals surface area contributed by atoms with Gasteiger partial charge in [-0.25, -0.2) is 4.98 Å². The van der Waals surface area contributed by atoms with Crippen LogP contribution in [0.4, 0.5) is 5.82 Å². The Kier molecular flexibility index (Phi) is 7.90. The minimum Gasteiger partial charge on any atom is -0.383 e. The van der Waals surface area contributed by atoms with Crippen molar-refractivity contribution in [2.75, 3.05) is 5.73 Å². The molecule has 2 aromatic heterocycles. The molecule has 2 aromatic carbocycles. The summed E-state index contributed by atoms with van der Waals surface area (Å²) in [5.41, 5.74) is 16.4. The first-order valence-corrected chi connectivity index (χ1v) is 11.8. The van der Waals surface area contributed by atoms with E-state index in [0.717, 1.165) is 17.7 Å². The average molecular weight is 470 g/mol. The summed E-state index contributed by atoms with van der Waals surface area (Å²) in [6, 6.07) is 20.7. The predicted octanol–water partition coefficient (Wildman–Crippen LogP) is 4.98. The number of primary amides is 1. The number of hydrogen-bond acceptors (Lipinski definition) is 5. The third-order valence-electron chi connectivity index (χ3n) is 6.10. The number of ether oxygens (including phenoxy) is 1. The van der Waals surface area contributed by atoms with Crippen LogP contribution in [0.2, 0.25) is 0 Å². The fourth-order valence-electron chi connectivity index (χ4n) is 4.21. The number of aryl methyl sites for hydroxylation is 1. The highest BCUT2D eigenvalue weighted by molar-refractivity contribution is 5.98. The Hall–Kier alpha value is -3.97. The molecule has 0 saturated heterocycles. The molecule has 7 heteroatoms. The van der Waals surface area contributed by atoms with E-state index < -0.39 is 5.91 Å². The summed E-state index contributed by atoms with van der Waals surface area (Å²) in [6.45, 7) is 0.732. The summed E-state index contributed by atoms with van der Waals surface area (Å²) in [6.07, 6.45) is 10.7. The van der Waals surface area contributed by atoms with Crippen molar-refractivity contribution in [3.63, 3.8) is 0 Å². The first-order valence-electron chi connectivity index (χ1n) is 11.8. The van der Waals surface area contributed by atoms with Gasteiger partial charge in [0.05, 0.1) is 24.5 Å². The molecule has 0 unspecified atom stereocenters. The molecular weight excluding hydrogens is 438 g/mol. The molecule has 0 aliphatic heterocycles. The Morgan fingerprint density at radius 2 is 1.71 bits per heavy atom. The molecule has 0 spiro atoms. The largest absolute Gasteiger partial charge is 0.383 e. The Labute approximate surface area is 205 Å². The Bertz CT molecular complexity index is 1260. The summed E-state index contributed by atoms with van der Waals surface area (Å²) < 4.78 is 7.71. The number of rotatable bonds is 6. The summed E-state index contributed by atoms with van der Waals surface area (Å²) in [5.74, 6) is -0.448. The third-order valence-corrected chi connectivity index (χ3v) is 6.10. The minimum atomic E-state index is -0.587. The van der Waals surface area contributed by atoms with Crippen molar-refractivity contribution in [3.05, 3.63) is 90.4 Å². The number of amides is 1. The fraction of sp³-hybridized carbons (Fsp3) is 0.250. The van der Waals surface area contributed by atoms with E-state index in [2.05, 4.69) is 64.7 Å². The van der Waals surface area contributed by atoms with Gasteiger partial charge in [0.25, 0.3) is 5.91 Å². The molecule has 2 heterocycles. The first kappa shape index (κ1) is 24.2. The fourth-order valence-corrected chi connectivity index (χ4v) is 4.21. The number of anilines is 1. The van der Waals surface area contributed by atoms with Crippen LogP contribution < -0.4 is 11.5 Å². The number of hydrogen-bond donors (Lipinski definition) is 2. The minimum absolute atomic E-state index is 0.139. The smallest absolute Gasteiger partial charge is 0.252 e. The molecule has 0 bridgehead atoms. The summed E-state index contributed by atoms with van der Waals surface area (Å²) in [7, 11) is 1.81. The van der Waals surface area contributed by atoms with Gasteiger partial charge in [-0.1, -0.05) is 67.4 Å². The normalized spacial score (nSPS) is 13.3. The maximum atomic E-state index is 11.1. The van der Waals surface area contributed by atoms with Gasteiger partial charge < -0.3 is 16.2 Å². The van der Waals surface area contributed by atoms with Gasteiger partial charge in [-0.05, 0) is 35.6 Å². The SMILES string of the molecule is Cn1cc(-c2cnc(N)c(C(N)=O)c2)cn1.c1ccc(-c2ccccc2COC2CCCC2)cc1. The van der Waals surface area contributed by atoms with E-state index in [1.54, 1.807) is 23.1 Å². The van der Waals surface area contributed by atoms with Crippen LogP contribution in [0, 0.1) is 0 Å². The second-order valence-electron chi connectivity index (χ2n) is 8.66. The quantitative estimate of drug-likeness (QED) is 0.414. The van der Waals surface area contributed by atoms with Crippen molar-refractivity contribution in [3.8, 4) is 22.3 Å². The lowest BCUT2D eigenvalue weighted by Crippen LogP contribution is -2.14. The highest BCUT2D eigenvalue weighted by Crippen LogP contribution is 2.27. The van der Waals surface area contributed by atoms with Crippen molar-refractivity contribution < 1.29 is 9.53 Å². The Morgan fingerprint density at radius 1 is 1.00 bits per heavy atom. The monoisotopic (exact) mass is 469 g/mol. The molecule has 7 nitrogen and oxygen atoms in total. The Morgan fingerprint density at radius 3 is 2.40 bits per heavy atom. The van der Waals surface area contributed by atoms with Crippen LogP contribution in [0.15, 0.2) is 79.3 Å². The second kappa shape index (κ2) is 11.4. The third kappa shape index (κ3) is 6.33. The van der Waals surface area contributed by atoms with Crippen LogP contribution in [0.3, 0.4) is 0 Å². The number of pyridine rings is 1. The van der Waals surface area contributed by atoms with Crippen LogP contribution in [0.1, 0.15) is 41.6 Å². The van der Waals surface area contributed by atoms with Gasteiger partial charge in [-0.3, -0.25) is 9.48 Å². The molecule has 5 rings (SSSR count). The topological polar surface area (TPSA) is 109 Å². The zero-order valence-electron chi connectivity index (χ0n) is 19.9. The summed E-state index contributed by atoms with van der Waals surface area (Å²) in [4.78, 5) is 15.0. The predicted molar refractivity (Wildman–Crippen MR) is 138 cm³/mol. The molecule has 1 saturated carbocycles. The number of benzene rings is 2. The highest BCUT2D eigenvalue weighted by atomic mass is 16.5. The average Bonchev–Trinajstić information content (AvgIpc) is 3.56.